The van der Waals surface area contributed by atoms with E-state index >= 15 is 0 Å². The quantitative estimate of drug-likeness (QED) is 0.609. The molecule has 0 unspecified atom stereocenters. The van der Waals surface area contributed by atoms with Crippen LogP contribution in [0.25, 0.3) is 0 Å². The van der Waals surface area contributed by atoms with Crippen molar-refractivity contribution in [2.24, 2.45) is 9.98 Å². The summed E-state index contributed by atoms with van der Waals surface area (Å²) >= 11 is 0. The molecule has 0 aliphatic rings. The molecule has 0 atom stereocenters. The molecule has 0 spiro atoms. The molecule has 2 aromatic carbocycles. The number of ether oxygens (including phenoxy) is 2. The van der Waals surface area contributed by atoms with Crippen LogP contribution in [0.2, 0.25) is 0 Å². The SMILES string of the molecule is COc1cccc(N=Cc2ccc(C=Nc3cccc(OC)c3)o2)c1. The van der Waals surface area contributed by atoms with Gasteiger partial charge in [0.1, 0.15) is 23.0 Å². The number of hydrogen-bond acceptors (Lipinski definition) is 5. The monoisotopic (exact) mass is 334 g/mol. The average molecular weight is 334 g/mol. The van der Waals surface area contributed by atoms with Gasteiger partial charge in [0.05, 0.1) is 38.0 Å². The van der Waals surface area contributed by atoms with E-state index in [1.165, 1.54) is 0 Å². The first-order valence-corrected chi connectivity index (χ1v) is 7.73. The summed E-state index contributed by atoms with van der Waals surface area (Å²) in [6.45, 7) is 0. The molecule has 1 heterocycles. The highest BCUT2D eigenvalue weighted by atomic mass is 16.5. The molecule has 0 saturated carbocycles. The fourth-order valence-electron chi connectivity index (χ4n) is 2.17. The van der Waals surface area contributed by atoms with Gasteiger partial charge in [-0.2, -0.15) is 0 Å². The Morgan fingerprint density at radius 2 is 1.20 bits per heavy atom. The number of methoxy groups -OCH3 is 2. The van der Waals surface area contributed by atoms with Crippen LogP contribution >= 0.6 is 0 Å². The Kier molecular flexibility index (Phi) is 5.26. The predicted octanol–water partition coefficient (Wildman–Crippen LogP) is 4.80. The summed E-state index contributed by atoms with van der Waals surface area (Å²) in [5, 5.41) is 0. The van der Waals surface area contributed by atoms with Crippen LogP contribution < -0.4 is 9.47 Å². The van der Waals surface area contributed by atoms with Crippen molar-refractivity contribution in [3.8, 4) is 11.5 Å². The summed E-state index contributed by atoms with van der Waals surface area (Å²) in [6, 6.07) is 18.7. The average Bonchev–Trinajstić information content (AvgIpc) is 3.13. The van der Waals surface area contributed by atoms with Gasteiger partial charge in [0, 0.05) is 12.1 Å². The summed E-state index contributed by atoms with van der Waals surface area (Å²) in [7, 11) is 3.26. The lowest BCUT2D eigenvalue weighted by Gasteiger charge is -1.99. The smallest absolute Gasteiger partial charge is 0.145 e. The van der Waals surface area contributed by atoms with Crippen molar-refractivity contribution in [3.05, 3.63) is 72.2 Å². The highest BCUT2D eigenvalue weighted by Gasteiger charge is 1.99. The summed E-state index contributed by atoms with van der Waals surface area (Å²) in [6.07, 6.45) is 3.33. The molecule has 25 heavy (non-hydrogen) atoms. The van der Waals surface area contributed by atoms with Gasteiger partial charge in [-0.05, 0) is 36.4 Å². The second-order valence-electron chi connectivity index (χ2n) is 5.16. The molecule has 5 heteroatoms. The minimum absolute atomic E-state index is 0.648. The van der Waals surface area contributed by atoms with Gasteiger partial charge in [0.15, 0.2) is 0 Å². The standard InChI is InChI=1S/C20H18N2O3/c1-23-17-7-3-5-15(11-17)21-13-19-9-10-20(25-19)14-22-16-6-4-8-18(12-16)24-2/h3-14H,1-2H3. The van der Waals surface area contributed by atoms with E-state index in [0.717, 1.165) is 22.9 Å². The Balaban J connectivity index is 1.69. The van der Waals surface area contributed by atoms with Gasteiger partial charge in [0.2, 0.25) is 0 Å². The zero-order chi connectivity index (χ0) is 17.5. The zero-order valence-corrected chi connectivity index (χ0v) is 14.0. The van der Waals surface area contributed by atoms with Gasteiger partial charge in [-0.15, -0.1) is 0 Å². The molecule has 0 bridgehead atoms. The van der Waals surface area contributed by atoms with E-state index in [9.17, 15) is 0 Å². The van der Waals surface area contributed by atoms with E-state index in [1.54, 1.807) is 26.6 Å². The molecule has 0 aliphatic carbocycles. The molecule has 5 nitrogen and oxygen atoms in total. The number of furan rings is 1. The first-order valence-electron chi connectivity index (χ1n) is 7.73. The van der Waals surface area contributed by atoms with Gasteiger partial charge in [0.25, 0.3) is 0 Å². The second-order valence-corrected chi connectivity index (χ2v) is 5.16. The maximum Gasteiger partial charge on any atom is 0.145 e. The largest absolute Gasteiger partial charge is 0.497 e. The number of nitrogens with zero attached hydrogens (tertiary/aromatic N) is 2. The maximum absolute atomic E-state index is 5.68. The number of rotatable bonds is 6. The third kappa shape index (κ3) is 4.57. The van der Waals surface area contributed by atoms with Crippen LogP contribution in [0, 0.1) is 0 Å². The highest BCUT2D eigenvalue weighted by Crippen LogP contribution is 2.20. The van der Waals surface area contributed by atoms with Crippen LogP contribution in [-0.2, 0) is 0 Å². The molecule has 3 aromatic rings. The Labute approximate surface area is 146 Å². The van der Waals surface area contributed by atoms with Crippen molar-refractivity contribution in [2.45, 2.75) is 0 Å². The van der Waals surface area contributed by atoms with Crippen molar-refractivity contribution in [2.75, 3.05) is 14.2 Å². The maximum atomic E-state index is 5.68. The molecule has 0 saturated heterocycles. The third-order valence-electron chi connectivity index (χ3n) is 3.44. The molecular weight excluding hydrogens is 316 g/mol. The molecular formula is C20H18N2O3. The van der Waals surface area contributed by atoms with Crippen LogP contribution in [0.3, 0.4) is 0 Å². The normalized spacial score (nSPS) is 11.3. The summed E-state index contributed by atoms with van der Waals surface area (Å²) < 4.78 is 16.0. The van der Waals surface area contributed by atoms with Crippen LogP contribution in [0.5, 0.6) is 11.5 Å². The van der Waals surface area contributed by atoms with E-state index in [0.29, 0.717) is 11.5 Å². The number of benzene rings is 2. The van der Waals surface area contributed by atoms with E-state index < -0.39 is 0 Å². The molecule has 0 aliphatic heterocycles. The highest BCUT2D eigenvalue weighted by molar-refractivity contribution is 5.83. The van der Waals surface area contributed by atoms with Crippen molar-refractivity contribution in [1.29, 1.82) is 0 Å². The van der Waals surface area contributed by atoms with E-state index in [2.05, 4.69) is 9.98 Å². The summed E-state index contributed by atoms with van der Waals surface area (Å²) in [5.41, 5.74) is 1.59. The van der Waals surface area contributed by atoms with E-state index in [1.807, 2.05) is 60.7 Å². The van der Waals surface area contributed by atoms with Crippen LogP contribution in [-0.4, -0.2) is 26.6 Å². The second kappa shape index (κ2) is 7.97. The minimum atomic E-state index is 0.648. The number of hydrogen-bond donors (Lipinski definition) is 0. The van der Waals surface area contributed by atoms with Crippen LogP contribution in [0.15, 0.2) is 75.1 Å². The lowest BCUT2D eigenvalue weighted by Crippen LogP contribution is -1.81. The summed E-state index contributed by atoms with van der Waals surface area (Å²) in [4.78, 5) is 8.76. The molecule has 126 valence electrons. The molecule has 1 aromatic heterocycles. The van der Waals surface area contributed by atoms with E-state index in [-0.39, 0.29) is 0 Å². The van der Waals surface area contributed by atoms with E-state index in [4.69, 9.17) is 13.9 Å². The van der Waals surface area contributed by atoms with Gasteiger partial charge in [-0.1, -0.05) is 12.1 Å². The van der Waals surface area contributed by atoms with Crippen molar-refractivity contribution >= 4 is 23.8 Å². The summed E-state index contributed by atoms with van der Waals surface area (Å²) in [5.74, 6) is 2.82. The Bertz CT molecular complexity index is 825. The minimum Gasteiger partial charge on any atom is -0.497 e. The van der Waals surface area contributed by atoms with Crippen molar-refractivity contribution in [1.82, 2.24) is 0 Å². The zero-order valence-electron chi connectivity index (χ0n) is 14.0. The van der Waals surface area contributed by atoms with Gasteiger partial charge in [-0.25, -0.2) is 0 Å². The van der Waals surface area contributed by atoms with Crippen molar-refractivity contribution < 1.29 is 13.9 Å². The molecule has 0 N–H and O–H groups in total. The Hall–Kier alpha value is -3.34. The van der Waals surface area contributed by atoms with Crippen molar-refractivity contribution in [3.63, 3.8) is 0 Å². The third-order valence-corrected chi connectivity index (χ3v) is 3.44. The first kappa shape index (κ1) is 16.5. The van der Waals surface area contributed by atoms with Gasteiger partial charge >= 0.3 is 0 Å². The fourth-order valence-corrected chi connectivity index (χ4v) is 2.17. The lowest BCUT2D eigenvalue weighted by molar-refractivity contribution is 0.415. The van der Waals surface area contributed by atoms with Gasteiger partial charge < -0.3 is 13.9 Å². The molecule has 0 amide bonds. The first-order chi connectivity index (χ1) is 12.3. The fraction of sp³-hybridized carbons (Fsp3) is 0.100. The molecule has 3 rings (SSSR count). The van der Waals surface area contributed by atoms with Crippen LogP contribution in [0.4, 0.5) is 11.4 Å². The molecule has 0 fully saturated rings. The van der Waals surface area contributed by atoms with Crippen LogP contribution in [0.1, 0.15) is 11.5 Å². The van der Waals surface area contributed by atoms with Gasteiger partial charge in [-0.3, -0.25) is 9.98 Å². The molecule has 0 radical (unpaired) electrons. The lowest BCUT2D eigenvalue weighted by atomic mass is 10.3. The Morgan fingerprint density at radius 3 is 1.64 bits per heavy atom. The number of aliphatic imine (C=N–C) groups is 2. The topological polar surface area (TPSA) is 56.3 Å². The predicted molar refractivity (Wildman–Crippen MR) is 99.2 cm³/mol. The Morgan fingerprint density at radius 1 is 0.720 bits per heavy atom.